The molecule has 0 aliphatic carbocycles. The Morgan fingerprint density at radius 1 is 1.24 bits per heavy atom. The predicted molar refractivity (Wildman–Crippen MR) is 103 cm³/mol. The van der Waals surface area contributed by atoms with Crippen LogP contribution in [0.1, 0.15) is 55.4 Å². The first-order valence-electron chi connectivity index (χ1n) is 8.86. The van der Waals surface area contributed by atoms with Crippen molar-refractivity contribution in [3.63, 3.8) is 0 Å². The molecule has 1 atom stereocenters. The zero-order chi connectivity index (χ0) is 18.4. The Labute approximate surface area is 154 Å². The number of carbonyl (C=O) groups excluding carboxylic acids is 1. The number of amides is 1. The number of ether oxygens (including phenoxy) is 1. The highest BCUT2D eigenvalue weighted by atomic mass is 32.1. The van der Waals surface area contributed by atoms with E-state index in [2.05, 4.69) is 38.7 Å². The van der Waals surface area contributed by atoms with Gasteiger partial charge in [-0.05, 0) is 50.5 Å². The molecule has 1 aromatic heterocycles. The molecule has 0 radical (unpaired) electrons. The molecule has 2 aromatic rings. The molecule has 5 heteroatoms. The average Bonchev–Trinajstić information content (AvgIpc) is 3.03. The number of thiazole rings is 1. The summed E-state index contributed by atoms with van der Waals surface area (Å²) in [5.41, 5.74) is 3.32. The van der Waals surface area contributed by atoms with Crippen molar-refractivity contribution in [2.24, 2.45) is 0 Å². The van der Waals surface area contributed by atoms with Gasteiger partial charge in [0.25, 0.3) is 0 Å². The molecule has 0 saturated heterocycles. The standard InChI is InChI=1S/C20H28N2O2S/c1-6-16(5)22(20(23)7-2)11-17-13-25-19(21-17)12-24-18-9-14(3)8-15(4)10-18/h8-10,13,16H,6-7,11-12H2,1-5H3/t16-/m1/s1. The van der Waals surface area contributed by atoms with Crippen LogP contribution in [0.25, 0.3) is 0 Å². The first-order valence-corrected chi connectivity index (χ1v) is 9.74. The lowest BCUT2D eigenvalue weighted by molar-refractivity contribution is -0.133. The van der Waals surface area contributed by atoms with E-state index in [1.54, 1.807) is 11.3 Å². The lowest BCUT2D eigenvalue weighted by atomic mass is 10.1. The molecule has 4 nitrogen and oxygen atoms in total. The molecule has 1 amide bonds. The predicted octanol–water partition coefficient (Wildman–Crippen LogP) is 4.88. The molecule has 0 spiro atoms. The van der Waals surface area contributed by atoms with Gasteiger partial charge in [0.2, 0.25) is 5.91 Å². The van der Waals surface area contributed by atoms with Crippen LogP contribution in [-0.4, -0.2) is 21.8 Å². The molecule has 1 aromatic carbocycles. The van der Waals surface area contributed by atoms with Gasteiger partial charge in [0, 0.05) is 17.8 Å². The van der Waals surface area contributed by atoms with Crippen molar-refractivity contribution >= 4 is 17.2 Å². The van der Waals surface area contributed by atoms with Crippen molar-refractivity contribution in [2.75, 3.05) is 0 Å². The van der Waals surface area contributed by atoms with Crippen LogP contribution in [0.4, 0.5) is 0 Å². The van der Waals surface area contributed by atoms with Crippen LogP contribution >= 0.6 is 11.3 Å². The van der Waals surface area contributed by atoms with E-state index >= 15 is 0 Å². The van der Waals surface area contributed by atoms with Crippen LogP contribution in [0, 0.1) is 13.8 Å². The lowest BCUT2D eigenvalue weighted by Crippen LogP contribution is -2.37. The van der Waals surface area contributed by atoms with E-state index in [0.29, 0.717) is 19.6 Å². The number of nitrogens with zero attached hydrogens (tertiary/aromatic N) is 2. The highest BCUT2D eigenvalue weighted by Gasteiger charge is 2.19. The van der Waals surface area contributed by atoms with Crippen LogP contribution in [0.5, 0.6) is 5.75 Å². The van der Waals surface area contributed by atoms with Crippen molar-refractivity contribution in [1.29, 1.82) is 0 Å². The zero-order valence-corrected chi connectivity index (χ0v) is 16.7. The highest BCUT2D eigenvalue weighted by Crippen LogP contribution is 2.20. The third kappa shape index (κ3) is 5.56. The fraction of sp³-hybridized carbons (Fsp3) is 0.500. The van der Waals surface area contributed by atoms with Crippen LogP contribution in [0.2, 0.25) is 0 Å². The summed E-state index contributed by atoms with van der Waals surface area (Å²) in [5, 5.41) is 2.96. The van der Waals surface area contributed by atoms with Crippen molar-refractivity contribution in [1.82, 2.24) is 9.88 Å². The van der Waals surface area contributed by atoms with E-state index in [1.165, 1.54) is 11.1 Å². The monoisotopic (exact) mass is 360 g/mol. The first kappa shape index (κ1) is 19.4. The smallest absolute Gasteiger partial charge is 0.222 e. The minimum atomic E-state index is 0.176. The molecule has 2 rings (SSSR count). The molecule has 0 N–H and O–H groups in total. The van der Waals surface area contributed by atoms with Gasteiger partial charge in [0.1, 0.15) is 17.4 Å². The van der Waals surface area contributed by atoms with Gasteiger partial charge in [-0.1, -0.05) is 19.9 Å². The minimum absolute atomic E-state index is 0.176. The second kappa shape index (κ2) is 8.99. The zero-order valence-electron chi connectivity index (χ0n) is 15.8. The van der Waals surface area contributed by atoms with Crippen molar-refractivity contribution < 1.29 is 9.53 Å². The Kier molecular flexibility index (Phi) is 7.00. The third-order valence-corrected chi connectivity index (χ3v) is 5.11. The van der Waals surface area contributed by atoms with E-state index in [4.69, 9.17) is 4.74 Å². The molecule has 136 valence electrons. The summed E-state index contributed by atoms with van der Waals surface area (Å²) in [5.74, 6) is 1.05. The number of aryl methyl sites for hydroxylation is 2. The summed E-state index contributed by atoms with van der Waals surface area (Å²) in [6.45, 7) is 11.3. The Hall–Kier alpha value is -1.88. The number of hydrogen-bond donors (Lipinski definition) is 0. The molecule has 0 aliphatic rings. The largest absolute Gasteiger partial charge is 0.486 e. The number of rotatable bonds is 8. The van der Waals surface area contributed by atoms with E-state index in [-0.39, 0.29) is 11.9 Å². The van der Waals surface area contributed by atoms with Gasteiger partial charge >= 0.3 is 0 Å². The van der Waals surface area contributed by atoms with Gasteiger partial charge in [0.05, 0.1) is 12.2 Å². The Bertz CT molecular complexity index is 691. The van der Waals surface area contributed by atoms with E-state index in [1.807, 2.05) is 29.3 Å². The van der Waals surface area contributed by atoms with Gasteiger partial charge in [-0.3, -0.25) is 4.79 Å². The maximum atomic E-state index is 12.2. The van der Waals surface area contributed by atoms with Gasteiger partial charge in [-0.2, -0.15) is 0 Å². The summed E-state index contributed by atoms with van der Waals surface area (Å²) in [6, 6.07) is 6.42. The fourth-order valence-corrected chi connectivity index (χ4v) is 3.43. The van der Waals surface area contributed by atoms with Crippen molar-refractivity contribution in [2.45, 2.75) is 66.7 Å². The van der Waals surface area contributed by atoms with E-state index in [0.717, 1.165) is 22.9 Å². The van der Waals surface area contributed by atoms with Crippen molar-refractivity contribution in [3.8, 4) is 5.75 Å². The van der Waals surface area contributed by atoms with Crippen molar-refractivity contribution in [3.05, 3.63) is 45.4 Å². The summed E-state index contributed by atoms with van der Waals surface area (Å²) < 4.78 is 5.88. The summed E-state index contributed by atoms with van der Waals surface area (Å²) in [7, 11) is 0. The Balaban J connectivity index is 2.00. The van der Waals surface area contributed by atoms with Gasteiger partial charge in [-0.25, -0.2) is 4.98 Å². The van der Waals surface area contributed by atoms with Gasteiger partial charge in [-0.15, -0.1) is 11.3 Å². The second-order valence-electron chi connectivity index (χ2n) is 6.48. The molecule has 0 unspecified atom stereocenters. The Morgan fingerprint density at radius 3 is 2.52 bits per heavy atom. The van der Waals surface area contributed by atoms with E-state index < -0.39 is 0 Å². The third-order valence-electron chi connectivity index (χ3n) is 4.23. The number of aromatic nitrogens is 1. The molecular formula is C20H28N2O2S. The highest BCUT2D eigenvalue weighted by molar-refractivity contribution is 7.09. The molecule has 1 heterocycles. The second-order valence-corrected chi connectivity index (χ2v) is 7.42. The molecule has 0 bridgehead atoms. The SMILES string of the molecule is CCC(=O)N(Cc1csc(COc2cc(C)cc(C)c2)n1)[C@H](C)CC. The van der Waals surface area contributed by atoms with Crippen LogP contribution in [-0.2, 0) is 17.9 Å². The molecule has 0 fully saturated rings. The fourth-order valence-electron chi connectivity index (χ4n) is 2.74. The maximum Gasteiger partial charge on any atom is 0.222 e. The average molecular weight is 361 g/mol. The molecular weight excluding hydrogens is 332 g/mol. The van der Waals surface area contributed by atoms with Crippen LogP contribution in [0.15, 0.2) is 23.6 Å². The normalized spacial score (nSPS) is 12.0. The maximum absolute atomic E-state index is 12.2. The Morgan fingerprint density at radius 2 is 1.92 bits per heavy atom. The molecule has 25 heavy (non-hydrogen) atoms. The number of benzene rings is 1. The van der Waals surface area contributed by atoms with E-state index in [9.17, 15) is 4.79 Å². The van der Waals surface area contributed by atoms with Crippen LogP contribution in [0.3, 0.4) is 0 Å². The quantitative estimate of drug-likeness (QED) is 0.674. The lowest BCUT2D eigenvalue weighted by Gasteiger charge is -2.27. The topological polar surface area (TPSA) is 42.4 Å². The number of carbonyl (C=O) groups is 1. The number of hydrogen-bond acceptors (Lipinski definition) is 4. The summed E-state index contributed by atoms with van der Waals surface area (Å²) in [6.07, 6.45) is 1.47. The van der Waals surface area contributed by atoms with Gasteiger partial charge in [0.15, 0.2) is 0 Å². The van der Waals surface area contributed by atoms with Gasteiger partial charge < -0.3 is 9.64 Å². The first-order chi connectivity index (χ1) is 11.9. The molecule has 0 saturated carbocycles. The summed E-state index contributed by atoms with van der Waals surface area (Å²) in [4.78, 5) is 18.7. The van der Waals surface area contributed by atoms with Crippen LogP contribution < -0.4 is 4.74 Å². The minimum Gasteiger partial charge on any atom is -0.486 e. The summed E-state index contributed by atoms with van der Waals surface area (Å²) >= 11 is 1.58. The molecule has 0 aliphatic heterocycles.